The molecule has 9 nitrogen and oxygen atoms in total. The Morgan fingerprint density at radius 2 is 1.06 bits per heavy atom. The molecule has 0 aliphatic rings. The number of carbonyl (C=O) groups excluding carboxylic acids is 2. The maximum absolute atomic E-state index is 12.6. The van der Waals surface area contributed by atoms with Gasteiger partial charge in [0.25, 0.3) is 7.82 Å². The zero-order valence-corrected chi connectivity index (χ0v) is 34.6. The van der Waals surface area contributed by atoms with Crippen molar-refractivity contribution >= 4 is 19.8 Å². The highest BCUT2D eigenvalue weighted by Gasteiger charge is 2.21. The van der Waals surface area contributed by atoms with Gasteiger partial charge in [0, 0.05) is 12.8 Å². The van der Waals surface area contributed by atoms with E-state index in [4.69, 9.17) is 18.5 Å². The lowest BCUT2D eigenvalue weighted by molar-refractivity contribution is -0.870. The minimum atomic E-state index is -4.63. The molecule has 302 valence electrons. The molecule has 0 aliphatic carbocycles. The Kier molecular flexibility index (Phi) is 33.4. The summed E-state index contributed by atoms with van der Waals surface area (Å²) in [5.41, 5.74) is 0. The lowest BCUT2D eigenvalue weighted by Crippen LogP contribution is -2.37. The summed E-state index contributed by atoms with van der Waals surface area (Å²) in [4.78, 5) is 37.4. The summed E-state index contributed by atoms with van der Waals surface area (Å²) in [5.74, 6) is -0.876. The summed E-state index contributed by atoms with van der Waals surface area (Å²) in [7, 11) is 1.14. The van der Waals surface area contributed by atoms with Crippen molar-refractivity contribution in [3.05, 3.63) is 48.6 Å². The summed E-state index contributed by atoms with van der Waals surface area (Å²) < 4.78 is 33.7. The Bertz CT molecular complexity index is 1030. The summed E-state index contributed by atoms with van der Waals surface area (Å²) in [6, 6.07) is 0. The normalized spacial score (nSPS) is 14.2. The number of likely N-dealkylation sites (N-methyl/N-ethyl adjacent to an activating group) is 1. The number of ether oxygens (including phenoxy) is 2. The second-order valence-electron chi connectivity index (χ2n) is 14.6. The van der Waals surface area contributed by atoms with Gasteiger partial charge in [-0.1, -0.05) is 120 Å². The zero-order valence-electron chi connectivity index (χ0n) is 33.7. The van der Waals surface area contributed by atoms with Crippen molar-refractivity contribution < 1.29 is 42.1 Å². The predicted molar refractivity (Wildman–Crippen MR) is 213 cm³/mol. The van der Waals surface area contributed by atoms with Gasteiger partial charge in [0.1, 0.15) is 19.8 Å². The monoisotopic (exact) mass is 754 g/mol. The van der Waals surface area contributed by atoms with E-state index in [0.717, 1.165) is 77.0 Å². The van der Waals surface area contributed by atoms with Crippen LogP contribution in [0.3, 0.4) is 0 Å². The van der Waals surface area contributed by atoms with Crippen molar-refractivity contribution in [1.82, 2.24) is 0 Å². The first-order valence-electron chi connectivity index (χ1n) is 20.3. The Hall–Kier alpha value is -2.03. The molecule has 1 unspecified atom stereocenters. The predicted octanol–water partition coefficient (Wildman–Crippen LogP) is 10.5. The fourth-order valence-corrected chi connectivity index (χ4v) is 5.78. The molecule has 0 saturated carbocycles. The third kappa shape index (κ3) is 37.7. The summed E-state index contributed by atoms with van der Waals surface area (Å²) in [6.07, 6.45) is 38.5. The van der Waals surface area contributed by atoms with Gasteiger partial charge in [0.2, 0.25) is 0 Å². The minimum Gasteiger partial charge on any atom is -0.756 e. The maximum atomic E-state index is 12.6. The van der Waals surface area contributed by atoms with Gasteiger partial charge in [-0.2, -0.15) is 0 Å². The van der Waals surface area contributed by atoms with Gasteiger partial charge in [0.05, 0.1) is 27.7 Å². The first-order chi connectivity index (χ1) is 25.0. The van der Waals surface area contributed by atoms with E-state index in [0.29, 0.717) is 23.9 Å². The topological polar surface area (TPSA) is 111 Å². The zero-order chi connectivity index (χ0) is 38.6. The molecule has 0 N–H and O–H groups in total. The third-order valence-corrected chi connectivity index (χ3v) is 9.29. The molecule has 2 atom stereocenters. The van der Waals surface area contributed by atoms with Gasteiger partial charge < -0.3 is 27.9 Å². The Balaban J connectivity index is 4.44. The Morgan fingerprint density at radius 3 is 1.62 bits per heavy atom. The van der Waals surface area contributed by atoms with Crippen molar-refractivity contribution in [3.63, 3.8) is 0 Å². The van der Waals surface area contributed by atoms with Crippen LogP contribution in [-0.4, -0.2) is 70.0 Å². The molecule has 0 aromatic carbocycles. The van der Waals surface area contributed by atoms with Crippen LogP contribution in [0.4, 0.5) is 0 Å². The lowest BCUT2D eigenvalue weighted by atomic mass is 10.1. The molecule has 0 saturated heterocycles. The molecule has 52 heavy (non-hydrogen) atoms. The summed E-state index contributed by atoms with van der Waals surface area (Å²) >= 11 is 0. The van der Waals surface area contributed by atoms with E-state index in [2.05, 4.69) is 62.5 Å². The van der Waals surface area contributed by atoms with Crippen molar-refractivity contribution in [1.29, 1.82) is 0 Å². The highest BCUT2D eigenvalue weighted by atomic mass is 31.2. The van der Waals surface area contributed by atoms with E-state index in [1.165, 1.54) is 38.5 Å². The van der Waals surface area contributed by atoms with Gasteiger partial charge in [-0.3, -0.25) is 14.2 Å². The number of rotatable bonds is 36. The number of phosphoric acid groups is 1. The summed E-state index contributed by atoms with van der Waals surface area (Å²) in [6.45, 7) is 4.10. The number of quaternary nitrogens is 1. The molecule has 0 rings (SSSR count). The lowest BCUT2D eigenvalue weighted by Gasteiger charge is -2.28. The fraction of sp³-hybridized carbons (Fsp3) is 0.762. The van der Waals surface area contributed by atoms with Crippen LogP contribution in [0.15, 0.2) is 48.6 Å². The van der Waals surface area contributed by atoms with Crippen LogP contribution in [0.2, 0.25) is 0 Å². The number of phosphoric ester groups is 1. The Morgan fingerprint density at radius 1 is 0.596 bits per heavy atom. The van der Waals surface area contributed by atoms with Gasteiger partial charge in [-0.15, -0.1) is 0 Å². The number of nitrogens with zero attached hydrogens (tertiary/aromatic N) is 1. The van der Waals surface area contributed by atoms with Gasteiger partial charge in [-0.05, 0) is 70.6 Å². The second-order valence-corrected chi connectivity index (χ2v) is 16.1. The van der Waals surface area contributed by atoms with Crippen LogP contribution >= 0.6 is 7.82 Å². The quantitative estimate of drug-likeness (QED) is 0.0204. The molecule has 0 aliphatic heterocycles. The van der Waals surface area contributed by atoms with Gasteiger partial charge in [-0.25, -0.2) is 0 Å². The van der Waals surface area contributed by atoms with Crippen LogP contribution in [0, 0.1) is 0 Å². The number of allylic oxidation sites excluding steroid dienone is 8. The van der Waals surface area contributed by atoms with Gasteiger partial charge >= 0.3 is 11.9 Å². The molecule has 10 heteroatoms. The minimum absolute atomic E-state index is 0.0378. The number of unbranched alkanes of at least 4 members (excludes halogenated alkanes) is 14. The number of esters is 2. The highest BCUT2D eigenvalue weighted by molar-refractivity contribution is 7.45. The first kappa shape index (κ1) is 50.0. The standard InChI is InChI=1S/C42H76NO8P/c1-6-8-10-12-14-16-18-19-20-21-22-23-25-26-28-30-32-34-41(44)48-38-40(39-50-52(46,47)49-37-36-43(3,4)5)51-42(45)35-33-31-29-27-24-17-15-13-11-9-7-2/h13-16,19-20,22-23,40H,6-12,17-18,21,24-39H2,1-5H3/b15-13+,16-14+,20-19+,23-22+/t40-/m0/s1. The van der Waals surface area contributed by atoms with Crippen LogP contribution in [0.25, 0.3) is 0 Å². The second kappa shape index (κ2) is 34.7. The van der Waals surface area contributed by atoms with Crippen LogP contribution in [0.5, 0.6) is 0 Å². The molecular weight excluding hydrogens is 677 g/mol. The SMILES string of the molecule is CCCC/C=C/CCCCCCCC(=O)O[C@@H](COC(=O)CCCCCC/C=C/C/C=C/C/C=C/CCCCC)COP(=O)([O-])OCC[N+](C)(C)C. The summed E-state index contributed by atoms with van der Waals surface area (Å²) in [5, 5.41) is 0. The van der Waals surface area contributed by atoms with E-state index in [1.807, 2.05) is 21.1 Å². The first-order valence-corrected chi connectivity index (χ1v) is 21.8. The van der Waals surface area contributed by atoms with Gasteiger partial charge in [0.15, 0.2) is 6.10 Å². The molecular formula is C42H76NO8P. The molecule has 0 radical (unpaired) electrons. The molecule has 0 amide bonds. The van der Waals surface area contributed by atoms with Crippen molar-refractivity contribution in [2.45, 2.75) is 161 Å². The maximum Gasteiger partial charge on any atom is 0.306 e. The molecule has 0 aromatic heterocycles. The van der Waals surface area contributed by atoms with Crippen LogP contribution in [0.1, 0.15) is 155 Å². The number of hydrogen-bond donors (Lipinski definition) is 0. The molecule has 0 spiro atoms. The average Bonchev–Trinajstić information content (AvgIpc) is 3.09. The van der Waals surface area contributed by atoms with Crippen LogP contribution in [-0.2, 0) is 32.7 Å². The molecule has 0 heterocycles. The van der Waals surface area contributed by atoms with E-state index in [-0.39, 0.29) is 26.1 Å². The van der Waals surface area contributed by atoms with Crippen molar-refractivity contribution in [2.75, 3.05) is 47.5 Å². The highest BCUT2D eigenvalue weighted by Crippen LogP contribution is 2.38. The van der Waals surface area contributed by atoms with Crippen molar-refractivity contribution in [2.24, 2.45) is 0 Å². The molecule has 0 fully saturated rings. The van der Waals surface area contributed by atoms with E-state index in [9.17, 15) is 19.0 Å². The van der Waals surface area contributed by atoms with E-state index >= 15 is 0 Å². The largest absolute Gasteiger partial charge is 0.756 e. The average molecular weight is 754 g/mol. The van der Waals surface area contributed by atoms with E-state index in [1.54, 1.807) is 0 Å². The molecule has 0 aromatic rings. The van der Waals surface area contributed by atoms with Crippen molar-refractivity contribution in [3.8, 4) is 0 Å². The molecule has 0 bridgehead atoms. The third-order valence-electron chi connectivity index (χ3n) is 8.32. The van der Waals surface area contributed by atoms with Crippen LogP contribution < -0.4 is 4.89 Å². The number of carbonyl (C=O) groups is 2. The van der Waals surface area contributed by atoms with E-state index < -0.39 is 32.5 Å². The number of hydrogen-bond acceptors (Lipinski definition) is 8. The fourth-order valence-electron chi connectivity index (χ4n) is 5.05. The Labute approximate surface area is 318 Å². The smallest absolute Gasteiger partial charge is 0.306 e.